The summed E-state index contributed by atoms with van der Waals surface area (Å²) in [5, 5.41) is 3.07. The number of likely N-dealkylation sites (tertiary alicyclic amines) is 1. The molecule has 22 heavy (non-hydrogen) atoms. The molecule has 2 aliphatic rings. The van der Waals surface area contributed by atoms with Crippen LogP contribution in [0.1, 0.15) is 52.5 Å². The molecule has 0 aromatic heterocycles. The summed E-state index contributed by atoms with van der Waals surface area (Å²) >= 11 is 0. The summed E-state index contributed by atoms with van der Waals surface area (Å²) in [4.78, 5) is 26.7. The second-order valence-electron chi connectivity index (χ2n) is 6.42. The van der Waals surface area contributed by atoms with Gasteiger partial charge in [0.2, 0.25) is 0 Å². The van der Waals surface area contributed by atoms with Crippen molar-refractivity contribution in [3.05, 3.63) is 34.9 Å². The summed E-state index contributed by atoms with van der Waals surface area (Å²) in [5.74, 6) is 0.685. The van der Waals surface area contributed by atoms with Crippen LogP contribution in [0, 0.1) is 5.92 Å². The Hall–Kier alpha value is -1.68. The number of carbonyl (C=O) groups excluding carboxylic acids is 2. The van der Waals surface area contributed by atoms with E-state index in [1.165, 1.54) is 6.42 Å². The zero-order valence-electron chi connectivity index (χ0n) is 13.2. The van der Waals surface area contributed by atoms with Crippen LogP contribution in [0.25, 0.3) is 0 Å². The first-order valence-electron chi connectivity index (χ1n) is 8.34. The number of benzene rings is 1. The van der Waals surface area contributed by atoms with Gasteiger partial charge in [0.25, 0.3) is 5.91 Å². The third kappa shape index (κ3) is 3.07. The van der Waals surface area contributed by atoms with E-state index >= 15 is 0 Å². The van der Waals surface area contributed by atoms with Crippen LogP contribution in [0.3, 0.4) is 0 Å². The van der Waals surface area contributed by atoms with Gasteiger partial charge in [-0.15, -0.1) is 0 Å². The maximum Gasteiger partial charge on any atom is 0.251 e. The molecule has 1 heterocycles. The van der Waals surface area contributed by atoms with Crippen LogP contribution in [-0.4, -0.2) is 42.8 Å². The minimum absolute atomic E-state index is 0.0273. The number of rotatable bonds is 5. The number of Topliss-reactive ketones (excluding diaryl/α,β-unsaturated/α-hetero) is 1. The maximum atomic E-state index is 12.4. The molecule has 1 aromatic rings. The standard InChI is InChI=1S/C18H24N2O2/c1-2-9-20-10-8-13(12-20)11-19-18(22)16-5-3-4-15-14(16)6-7-17(15)21/h3-5,13H,2,6-12H2,1H3,(H,19,22). The number of fused-ring (bicyclic) bond motifs is 1. The van der Waals surface area contributed by atoms with E-state index < -0.39 is 0 Å². The first-order chi connectivity index (χ1) is 10.7. The molecular formula is C18H24N2O2. The van der Waals surface area contributed by atoms with E-state index in [-0.39, 0.29) is 11.7 Å². The highest BCUT2D eigenvalue weighted by Gasteiger charge is 2.26. The molecule has 118 valence electrons. The zero-order valence-corrected chi connectivity index (χ0v) is 13.2. The topological polar surface area (TPSA) is 49.4 Å². The Morgan fingerprint density at radius 3 is 3.05 bits per heavy atom. The lowest BCUT2D eigenvalue weighted by molar-refractivity contribution is 0.0945. The largest absolute Gasteiger partial charge is 0.352 e. The van der Waals surface area contributed by atoms with Gasteiger partial charge in [-0.1, -0.05) is 19.1 Å². The summed E-state index contributed by atoms with van der Waals surface area (Å²) in [5.41, 5.74) is 2.36. The first-order valence-corrected chi connectivity index (χ1v) is 8.34. The van der Waals surface area contributed by atoms with Gasteiger partial charge in [-0.3, -0.25) is 9.59 Å². The Labute approximate surface area is 131 Å². The van der Waals surface area contributed by atoms with Crippen molar-refractivity contribution in [2.45, 2.75) is 32.6 Å². The third-order valence-electron chi connectivity index (χ3n) is 4.78. The highest BCUT2D eigenvalue weighted by molar-refractivity contribution is 6.05. The average Bonchev–Trinajstić information content (AvgIpc) is 3.12. The molecule has 1 fully saturated rings. The van der Waals surface area contributed by atoms with E-state index in [2.05, 4.69) is 17.1 Å². The molecule has 1 saturated heterocycles. The van der Waals surface area contributed by atoms with Crippen LogP contribution in [0.4, 0.5) is 0 Å². The minimum atomic E-state index is -0.0273. The molecule has 4 heteroatoms. The van der Waals surface area contributed by atoms with Gasteiger partial charge in [-0.2, -0.15) is 0 Å². The fourth-order valence-electron chi connectivity index (χ4n) is 3.63. The Balaban J connectivity index is 1.59. The monoisotopic (exact) mass is 300 g/mol. The Morgan fingerprint density at radius 2 is 2.23 bits per heavy atom. The molecule has 1 amide bonds. The second-order valence-corrected chi connectivity index (χ2v) is 6.42. The Kier molecular flexibility index (Phi) is 4.57. The summed E-state index contributed by atoms with van der Waals surface area (Å²) in [6.45, 7) is 6.31. The van der Waals surface area contributed by atoms with Crippen molar-refractivity contribution in [2.75, 3.05) is 26.2 Å². The molecule has 1 N–H and O–H groups in total. The van der Waals surface area contributed by atoms with Crippen molar-refractivity contribution >= 4 is 11.7 Å². The van der Waals surface area contributed by atoms with Crippen molar-refractivity contribution in [2.24, 2.45) is 5.92 Å². The lowest BCUT2D eigenvalue weighted by Crippen LogP contribution is -2.31. The quantitative estimate of drug-likeness (QED) is 0.907. The normalized spacial score (nSPS) is 21.1. The van der Waals surface area contributed by atoms with Crippen molar-refractivity contribution in [1.82, 2.24) is 10.2 Å². The van der Waals surface area contributed by atoms with Gasteiger partial charge in [-0.25, -0.2) is 0 Å². The van der Waals surface area contributed by atoms with E-state index in [1.807, 2.05) is 18.2 Å². The van der Waals surface area contributed by atoms with Gasteiger partial charge in [0, 0.05) is 30.6 Å². The fraction of sp³-hybridized carbons (Fsp3) is 0.556. The van der Waals surface area contributed by atoms with Gasteiger partial charge in [0.1, 0.15) is 0 Å². The number of nitrogens with one attached hydrogen (secondary N) is 1. The number of nitrogens with zero attached hydrogens (tertiary/aromatic N) is 1. The van der Waals surface area contributed by atoms with Gasteiger partial charge < -0.3 is 10.2 Å². The maximum absolute atomic E-state index is 12.4. The number of carbonyl (C=O) groups is 2. The minimum Gasteiger partial charge on any atom is -0.352 e. The van der Waals surface area contributed by atoms with Gasteiger partial charge in [0.05, 0.1) is 0 Å². The van der Waals surface area contributed by atoms with Crippen LogP contribution in [-0.2, 0) is 6.42 Å². The summed E-state index contributed by atoms with van der Waals surface area (Å²) in [7, 11) is 0. The van der Waals surface area contributed by atoms with Crippen LogP contribution >= 0.6 is 0 Å². The Morgan fingerprint density at radius 1 is 1.36 bits per heavy atom. The molecule has 0 saturated carbocycles. The van der Waals surface area contributed by atoms with Gasteiger partial charge in [0.15, 0.2) is 5.78 Å². The van der Waals surface area contributed by atoms with Crippen molar-refractivity contribution in [3.8, 4) is 0 Å². The molecule has 0 spiro atoms. The zero-order chi connectivity index (χ0) is 15.5. The van der Waals surface area contributed by atoms with Crippen LogP contribution in [0.15, 0.2) is 18.2 Å². The molecule has 1 unspecified atom stereocenters. The van der Waals surface area contributed by atoms with E-state index in [0.29, 0.717) is 24.3 Å². The predicted molar refractivity (Wildman–Crippen MR) is 86.3 cm³/mol. The fourth-order valence-corrected chi connectivity index (χ4v) is 3.63. The second kappa shape index (κ2) is 6.61. The molecule has 4 nitrogen and oxygen atoms in total. The first kappa shape index (κ1) is 15.2. The molecule has 1 aliphatic carbocycles. The molecule has 1 atom stereocenters. The van der Waals surface area contributed by atoms with E-state index in [1.54, 1.807) is 0 Å². The average molecular weight is 300 g/mol. The molecular weight excluding hydrogens is 276 g/mol. The van der Waals surface area contributed by atoms with Gasteiger partial charge >= 0.3 is 0 Å². The third-order valence-corrected chi connectivity index (χ3v) is 4.78. The SMILES string of the molecule is CCCN1CCC(CNC(=O)c2cccc3c2CCC3=O)C1. The molecule has 1 aromatic carbocycles. The molecule has 0 radical (unpaired) electrons. The predicted octanol–water partition coefficient (Wildman–Crippen LogP) is 2.28. The number of hydrogen-bond acceptors (Lipinski definition) is 3. The summed E-state index contributed by atoms with van der Waals surface area (Å²) < 4.78 is 0. The Bertz CT molecular complexity index is 582. The highest BCUT2D eigenvalue weighted by atomic mass is 16.1. The van der Waals surface area contributed by atoms with E-state index in [9.17, 15) is 9.59 Å². The van der Waals surface area contributed by atoms with Crippen molar-refractivity contribution < 1.29 is 9.59 Å². The highest BCUT2D eigenvalue weighted by Crippen LogP contribution is 2.25. The van der Waals surface area contributed by atoms with E-state index in [0.717, 1.165) is 43.7 Å². The number of hydrogen-bond donors (Lipinski definition) is 1. The smallest absolute Gasteiger partial charge is 0.251 e. The van der Waals surface area contributed by atoms with Gasteiger partial charge in [-0.05, 0) is 49.9 Å². The van der Waals surface area contributed by atoms with E-state index in [4.69, 9.17) is 0 Å². The van der Waals surface area contributed by atoms with Crippen LogP contribution < -0.4 is 5.32 Å². The van der Waals surface area contributed by atoms with Crippen molar-refractivity contribution in [3.63, 3.8) is 0 Å². The number of ketones is 1. The molecule has 0 bridgehead atoms. The lowest BCUT2D eigenvalue weighted by Gasteiger charge is -2.15. The summed E-state index contributed by atoms with van der Waals surface area (Å²) in [6, 6.07) is 5.49. The molecule has 1 aliphatic heterocycles. The van der Waals surface area contributed by atoms with Crippen molar-refractivity contribution in [1.29, 1.82) is 0 Å². The van der Waals surface area contributed by atoms with Crippen LogP contribution in [0.2, 0.25) is 0 Å². The number of amides is 1. The summed E-state index contributed by atoms with van der Waals surface area (Å²) in [6.07, 6.45) is 3.58. The van der Waals surface area contributed by atoms with Crippen LogP contribution in [0.5, 0.6) is 0 Å². The molecule has 3 rings (SSSR count). The lowest BCUT2D eigenvalue weighted by atomic mass is 10.0.